The number of ether oxygens (including phenoxy) is 1. The van der Waals surface area contributed by atoms with Gasteiger partial charge in [-0.1, -0.05) is 22.5 Å². The van der Waals surface area contributed by atoms with Crippen LogP contribution < -0.4 is 5.32 Å². The van der Waals surface area contributed by atoms with Gasteiger partial charge in [-0.15, -0.1) is 0 Å². The number of rotatable bonds is 5. The first-order valence-electron chi connectivity index (χ1n) is 5.70. The molecule has 0 radical (unpaired) electrons. The fourth-order valence-corrected chi connectivity index (χ4v) is 1.86. The van der Waals surface area contributed by atoms with Crippen LogP contribution in [-0.4, -0.2) is 19.1 Å². The highest BCUT2D eigenvalue weighted by molar-refractivity contribution is 9.10. The normalized spacial score (nSPS) is 11.1. The van der Waals surface area contributed by atoms with Crippen LogP contribution in [0.15, 0.2) is 34.8 Å². The summed E-state index contributed by atoms with van der Waals surface area (Å²) in [6.45, 7) is 5.39. The number of benzene rings is 1. The van der Waals surface area contributed by atoms with Gasteiger partial charge in [0.2, 0.25) is 0 Å². The highest BCUT2D eigenvalue weighted by Crippen LogP contribution is 2.33. The lowest BCUT2D eigenvalue weighted by molar-refractivity contribution is -0.139. The topological polar surface area (TPSA) is 38.3 Å². The van der Waals surface area contributed by atoms with Gasteiger partial charge in [0, 0.05) is 22.3 Å². The summed E-state index contributed by atoms with van der Waals surface area (Å²) in [5, 5.41) is 2.71. The zero-order valence-corrected chi connectivity index (χ0v) is 12.3. The number of esters is 1. The quantitative estimate of drug-likeness (QED) is 0.643. The predicted octanol–water partition coefficient (Wildman–Crippen LogP) is 4.00. The van der Waals surface area contributed by atoms with E-state index in [1.807, 2.05) is 0 Å². The molecule has 1 N–H and O–H groups in total. The van der Waals surface area contributed by atoms with E-state index in [1.165, 1.54) is 6.07 Å². The molecular formula is C13H13BrF3NO2. The summed E-state index contributed by atoms with van der Waals surface area (Å²) in [5.41, 5.74) is -0.409. The number of carbonyl (C=O) groups is 1. The van der Waals surface area contributed by atoms with Crippen LogP contribution in [0, 0.1) is 0 Å². The van der Waals surface area contributed by atoms with E-state index < -0.39 is 17.7 Å². The molecule has 20 heavy (non-hydrogen) atoms. The van der Waals surface area contributed by atoms with Crippen LogP contribution >= 0.6 is 15.9 Å². The molecule has 0 bridgehead atoms. The smallest absolute Gasteiger partial charge is 0.416 e. The highest BCUT2D eigenvalue weighted by Gasteiger charge is 2.31. The first-order chi connectivity index (χ1) is 9.24. The molecule has 1 rings (SSSR count). The van der Waals surface area contributed by atoms with E-state index in [2.05, 4.69) is 27.8 Å². The van der Waals surface area contributed by atoms with Gasteiger partial charge in [-0.2, -0.15) is 13.2 Å². The summed E-state index contributed by atoms with van der Waals surface area (Å²) >= 11 is 3.01. The van der Waals surface area contributed by atoms with E-state index in [9.17, 15) is 18.0 Å². The van der Waals surface area contributed by atoms with E-state index in [0.29, 0.717) is 0 Å². The third-order valence-corrected chi connectivity index (χ3v) is 2.75. The fraction of sp³-hybridized carbons (Fsp3) is 0.308. The van der Waals surface area contributed by atoms with Gasteiger partial charge in [0.25, 0.3) is 0 Å². The predicted molar refractivity (Wildman–Crippen MR) is 73.4 cm³/mol. The van der Waals surface area contributed by atoms with Crippen LogP contribution in [0.4, 0.5) is 18.9 Å². The van der Waals surface area contributed by atoms with Gasteiger partial charge < -0.3 is 10.1 Å². The number of halogens is 4. The second-order valence-corrected chi connectivity index (χ2v) is 4.82. The third kappa shape index (κ3) is 4.88. The molecule has 1 aromatic carbocycles. The SMILES string of the molecule is C=C(CNc1cc(Br)cc(C(F)(F)F)c1)C(=O)OCC. The lowest BCUT2D eigenvalue weighted by atomic mass is 10.2. The van der Waals surface area contributed by atoms with Crippen LogP contribution in [-0.2, 0) is 15.7 Å². The number of carbonyl (C=O) groups excluding carboxylic acids is 1. The minimum Gasteiger partial charge on any atom is -0.463 e. The number of hydrogen-bond donors (Lipinski definition) is 1. The van der Waals surface area contributed by atoms with Crippen molar-refractivity contribution in [3.63, 3.8) is 0 Å². The Kier molecular flexibility index (Phi) is 5.62. The standard InChI is InChI=1S/C13H13BrF3NO2/c1-3-20-12(19)8(2)7-18-11-5-9(13(15,16)17)4-10(14)6-11/h4-6,18H,2-3,7H2,1H3. The minimum atomic E-state index is -4.43. The lowest BCUT2D eigenvalue weighted by Crippen LogP contribution is -2.15. The molecule has 7 heteroatoms. The Balaban J connectivity index is 2.76. The van der Waals surface area contributed by atoms with Crippen molar-refractivity contribution in [3.05, 3.63) is 40.4 Å². The summed E-state index contributed by atoms with van der Waals surface area (Å²) in [5.74, 6) is -0.578. The molecular weight excluding hydrogens is 339 g/mol. The van der Waals surface area contributed by atoms with E-state index in [0.717, 1.165) is 12.1 Å². The summed E-state index contributed by atoms with van der Waals surface area (Å²) in [4.78, 5) is 11.3. The molecule has 0 amide bonds. The average Bonchev–Trinajstić information content (AvgIpc) is 2.34. The van der Waals surface area contributed by atoms with Crippen molar-refractivity contribution >= 4 is 27.6 Å². The first kappa shape index (κ1) is 16.6. The van der Waals surface area contributed by atoms with Crippen molar-refractivity contribution in [2.75, 3.05) is 18.5 Å². The van der Waals surface area contributed by atoms with Crippen LogP contribution in [0.25, 0.3) is 0 Å². The molecule has 0 spiro atoms. The average molecular weight is 352 g/mol. The molecule has 1 aromatic rings. The molecule has 0 aliphatic heterocycles. The second-order valence-electron chi connectivity index (χ2n) is 3.90. The van der Waals surface area contributed by atoms with E-state index in [-0.39, 0.29) is 28.9 Å². The van der Waals surface area contributed by atoms with Crippen LogP contribution in [0.5, 0.6) is 0 Å². The number of nitrogens with one attached hydrogen (secondary N) is 1. The highest BCUT2D eigenvalue weighted by atomic mass is 79.9. The lowest BCUT2D eigenvalue weighted by Gasteiger charge is -2.12. The Morgan fingerprint density at radius 3 is 2.60 bits per heavy atom. The van der Waals surface area contributed by atoms with Crippen LogP contribution in [0.1, 0.15) is 12.5 Å². The Labute approximate surface area is 122 Å². The first-order valence-corrected chi connectivity index (χ1v) is 6.50. The zero-order valence-electron chi connectivity index (χ0n) is 10.7. The van der Waals surface area contributed by atoms with E-state index in [1.54, 1.807) is 6.92 Å². The summed E-state index contributed by atoms with van der Waals surface area (Å²) in [6.07, 6.45) is -4.43. The maximum atomic E-state index is 12.6. The Bertz CT molecular complexity index is 515. The Morgan fingerprint density at radius 2 is 2.05 bits per heavy atom. The second kappa shape index (κ2) is 6.78. The molecule has 110 valence electrons. The third-order valence-electron chi connectivity index (χ3n) is 2.30. The molecule has 0 aromatic heterocycles. The molecule has 0 heterocycles. The summed E-state index contributed by atoms with van der Waals surface area (Å²) in [7, 11) is 0. The van der Waals surface area contributed by atoms with Gasteiger partial charge in [-0.25, -0.2) is 4.79 Å². The maximum Gasteiger partial charge on any atom is 0.416 e. The fourth-order valence-electron chi connectivity index (χ4n) is 1.37. The Morgan fingerprint density at radius 1 is 1.40 bits per heavy atom. The van der Waals surface area contributed by atoms with Gasteiger partial charge in [0.1, 0.15) is 0 Å². The minimum absolute atomic E-state index is 0.00653. The van der Waals surface area contributed by atoms with Crippen LogP contribution in [0.2, 0.25) is 0 Å². The Hall–Kier alpha value is -1.50. The van der Waals surface area contributed by atoms with Gasteiger partial charge in [-0.3, -0.25) is 0 Å². The molecule has 0 aliphatic rings. The molecule has 0 fully saturated rings. The molecule has 0 saturated carbocycles. The van der Waals surface area contributed by atoms with Crippen molar-refractivity contribution < 1.29 is 22.7 Å². The van der Waals surface area contributed by atoms with Crippen molar-refractivity contribution in [1.29, 1.82) is 0 Å². The van der Waals surface area contributed by atoms with Gasteiger partial charge >= 0.3 is 12.1 Å². The molecule has 0 saturated heterocycles. The molecule has 3 nitrogen and oxygen atoms in total. The molecule has 0 unspecified atom stereocenters. The number of hydrogen-bond acceptors (Lipinski definition) is 3. The van der Waals surface area contributed by atoms with Gasteiger partial charge in [-0.05, 0) is 25.1 Å². The van der Waals surface area contributed by atoms with E-state index in [4.69, 9.17) is 4.74 Å². The monoisotopic (exact) mass is 351 g/mol. The van der Waals surface area contributed by atoms with Crippen molar-refractivity contribution in [1.82, 2.24) is 0 Å². The number of anilines is 1. The van der Waals surface area contributed by atoms with Crippen molar-refractivity contribution in [2.24, 2.45) is 0 Å². The van der Waals surface area contributed by atoms with Crippen LogP contribution in [0.3, 0.4) is 0 Å². The summed E-state index contributed by atoms with van der Waals surface area (Å²) in [6, 6.07) is 3.42. The maximum absolute atomic E-state index is 12.6. The van der Waals surface area contributed by atoms with Gasteiger partial charge in [0.15, 0.2) is 0 Å². The number of alkyl halides is 3. The zero-order chi connectivity index (χ0) is 15.3. The van der Waals surface area contributed by atoms with Gasteiger partial charge in [0.05, 0.1) is 12.2 Å². The molecule has 0 aliphatic carbocycles. The summed E-state index contributed by atoms with van der Waals surface area (Å²) < 4.78 is 42.9. The van der Waals surface area contributed by atoms with E-state index >= 15 is 0 Å². The van der Waals surface area contributed by atoms with Crippen molar-refractivity contribution in [3.8, 4) is 0 Å². The molecule has 0 atom stereocenters. The van der Waals surface area contributed by atoms with Crippen molar-refractivity contribution in [2.45, 2.75) is 13.1 Å². The largest absolute Gasteiger partial charge is 0.463 e.